The van der Waals surface area contributed by atoms with E-state index in [0.717, 1.165) is 37.1 Å². The molecule has 1 heterocycles. The van der Waals surface area contributed by atoms with E-state index in [9.17, 15) is 9.59 Å². The second-order valence-corrected chi connectivity index (χ2v) is 7.63. The third kappa shape index (κ3) is 4.97. The van der Waals surface area contributed by atoms with Gasteiger partial charge in [-0.25, -0.2) is 0 Å². The summed E-state index contributed by atoms with van der Waals surface area (Å²) in [6.07, 6.45) is 2.75. The van der Waals surface area contributed by atoms with E-state index in [2.05, 4.69) is 19.2 Å². The molecule has 2 aromatic rings. The quantitative estimate of drug-likeness (QED) is 0.838. The van der Waals surface area contributed by atoms with Crippen LogP contribution in [0, 0.1) is 5.92 Å². The molecule has 3 rings (SSSR count). The molecule has 2 amide bonds. The molecule has 4 heteroatoms. The van der Waals surface area contributed by atoms with Gasteiger partial charge in [-0.1, -0.05) is 56.3 Å². The summed E-state index contributed by atoms with van der Waals surface area (Å²) in [7, 11) is 0. The summed E-state index contributed by atoms with van der Waals surface area (Å²) in [6.45, 7) is 5.75. The second-order valence-electron chi connectivity index (χ2n) is 7.63. The number of nitrogens with one attached hydrogen (secondary N) is 1. The highest BCUT2D eigenvalue weighted by Gasteiger charge is 2.28. The van der Waals surface area contributed by atoms with E-state index >= 15 is 0 Å². The van der Waals surface area contributed by atoms with Crippen molar-refractivity contribution < 1.29 is 9.59 Å². The summed E-state index contributed by atoms with van der Waals surface area (Å²) >= 11 is 0. The number of likely N-dealkylation sites (tertiary alicyclic amines) is 1. The van der Waals surface area contributed by atoms with Crippen LogP contribution in [0.1, 0.15) is 43.5 Å². The molecule has 1 saturated heterocycles. The molecule has 0 spiro atoms. The van der Waals surface area contributed by atoms with Gasteiger partial charge in [-0.15, -0.1) is 0 Å². The fraction of sp³-hybridized carbons (Fsp3) is 0.391. The van der Waals surface area contributed by atoms with Crippen LogP contribution in [-0.4, -0.2) is 35.8 Å². The lowest BCUT2D eigenvalue weighted by Crippen LogP contribution is -2.48. The zero-order valence-electron chi connectivity index (χ0n) is 16.2. The maximum absolute atomic E-state index is 12.9. The maximum atomic E-state index is 12.9. The van der Waals surface area contributed by atoms with Crippen molar-refractivity contribution in [3.8, 4) is 11.1 Å². The number of benzene rings is 2. The molecule has 0 saturated carbocycles. The number of hydrogen-bond acceptors (Lipinski definition) is 2. The Morgan fingerprint density at radius 3 is 2.30 bits per heavy atom. The first-order chi connectivity index (χ1) is 13.0. The van der Waals surface area contributed by atoms with Crippen LogP contribution >= 0.6 is 0 Å². The van der Waals surface area contributed by atoms with E-state index in [1.807, 2.05) is 53.4 Å². The summed E-state index contributed by atoms with van der Waals surface area (Å²) in [5.74, 6) is 0.192. The average Bonchev–Trinajstić information content (AvgIpc) is 3.22. The highest BCUT2D eigenvalue weighted by atomic mass is 16.2. The lowest BCUT2D eigenvalue weighted by molar-refractivity contribution is -0.132. The fourth-order valence-electron chi connectivity index (χ4n) is 3.56. The van der Waals surface area contributed by atoms with Crippen molar-refractivity contribution in [1.29, 1.82) is 0 Å². The molecule has 0 unspecified atom stereocenters. The predicted octanol–water partition coefficient (Wildman–Crippen LogP) is 4.12. The lowest BCUT2D eigenvalue weighted by atomic mass is 10.0. The molecule has 0 aliphatic carbocycles. The van der Waals surface area contributed by atoms with Crippen LogP contribution in [0.5, 0.6) is 0 Å². The molecule has 1 N–H and O–H groups in total. The summed E-state index contributed by atoms with van der Waals surface area (Å²) in [4.78, 5) is 27.6. The van der Waals surface area contributed by atoms with Crippen molar-refractivity contribution in [2.45, 2.75) is 39.2 Å². The van der Waals surface area contributed by atoms with Gasteiger partial charge in [0.05, 0.1) is 0 Å². The standard InChI is InChI=1S/C23H28N2O2/c1-17(2)15-21(23(27)25-13-6-7-14-25)24-22(26)20-12-8-11-19(16-20)18-9-4-3-5-10-18/h3-5,8-12,16-17,21H,6-7,13-15H2,1-2H3,(H,24,26)/t21-/m0/s1. The van der Waals surface area contributed by atoms with Crippen LogP contribution in [0.2, 0.25) is 0 Å². The molecule has 4 nitrogen and oxygen atoms in total. The van der Waals surface area contributed by atoms with Gasteiger partial charge in [0.25, 0.3) is 5.91 Å². The Balaban J connectivity index is 1.76. The molecule has 27 heavy (non-hydrogen) atoms. The van der Waals surface area contributed by atoms with Gasteiger partial charge < -0.3 is 10.2 Å². The van der Waals surface area contributed by atoms with E-state index in [4.69, 9.17) is 0 Å². The van der Waals surface area contributed by atoms with Crippen molar-refractivity contribution in [2.75, 3.05) is 13.1 Å². The Kier molecular flexibility index (Phi) is 6.28. The third-order valence-corrected chi connectivity index (χ3v) is 4.96. The molecular formula is C23H28N2O2. The normalized spacial score (nSPS) is 15.0. The van der Waals surface area contributed by atoms with Gasteiger partial charge >= 0.3 is 0 Å². The average molecular weight is 364 g/mol. The minimum Gasteiger partial charge on any atom is -0.341 e. The molecule has 0 aromatic heterocycles. The SMILES string of the molecule is CC(C)C[C@H](NC(=O)c1cccc(-c2ccccc2)c1)C(=O)N1CCCC1. The third-order valence-electron chi connectivity index (χ3n) is 4.96. The Labute approximate surface area is 161 Å². The van der Waals surface area contributed by atoms with Crippen molar-refractivity contribution in [1.82, 2.24) is 10.2 Å². The van der Waals surface area contributed by atoms with Gasteiger partial charge in [-0.3, -0.25) is 9.59 Å². The van der Waals surface area contributed by atoms with Crippen molar-refractivity contribution >= 4 is 11.8 Å². The van der Waals surface area contributed by atoms with E-state index in [-0.39, 0.29) is 11.8 Å². The summed E-state index contributed by atoms with van der Waals surface area (Å²) in [5.41, 5.74) is 2.65. The Hall–Kier alpha value is -2.62. The van der Waals surface area contributed by atoms with E-state index in [1.54, 1.807) is 6.07 Å². The highest BCUT2D eigenvalue weighted by Crippen LogP contribution is 2.20. The van der Waals surface area contributed by atoms with E-state index in [1.165, 1.54) is 0 Å². The topological polar surface area (TPSA) is 49.4 Å². The number of amides is 2. The maximum Gasteiger partial charge on any atom is 0.251 e. The van der Waals surface area contributed by atoms with Crippen LogP contribution in [-0.2, 0) is 4.79 Å². The highest BCUT2D eigenvalue weighted by molar-refractivity contribution is 5.98. The number of carbonyl (C=O) groups is 2. The molecule has 1 fully saturated rings. The zero-order valence-corrected chi connectivity index (χ0v) is 16.2. The Bertz CT molecular complexity index is 780. The van der Waals surface area contributed by atoms with Gasteiger partial charge in [0.1, 0.15) is 6.04 Å². The van der Waals surface area contributed by atoms with Gasteiger partial charge in [0.2, 0.25) is 5.91 Å². The van der Waals surface area contributed by atoms with Gasteiger partial charge in [0.15, 0.2) is 0 Å². The van der Waals surface area contributed by atoms with Gasteiger partial charge in [0, 0.05) is 18.7 Å². The summed E-state index contributed by atoms with van der Waals surface area (Å²) in [5, 5.41) is 2.99. The molecule has 142 valence electrons. The molecule has 1 aliphatic heterocycles. The molecule has 0 bridgehead atoms. The first-order valence-electron chi connectivity index (χ1n) is 9.79. The molecule has 1 atom stereocenters. The van der Waals surface area contributed by atoms with E-state index < -0.39 is 6.04 Å². The van der Waals surface area contributed by atoms with Crippen LogP contribution in [0.4, 0.5) is 0 Å². The minimum absolute atomic E-state index is 0.0498. The van der Waals surface area contributed by atoms with Crippen LogP contribution < -0.4 is 5.32 Å². The Morgan fingerprint density at radius 2 is 1.63 bits per heavy atom. The molecular weight excluding hydrogens is 336 g/mol. The number of hydrogen-bond donors (Lipinski definition) is 1. The van der Waals surface area contributed by atoms with Crippen molar-refractivity contribution in [2.24, 2.45) is 5.92 Å². The first kappa shape index (κ1) is 19.2. The fourth-order valence-corrected chi connectivity index (χ4v) is 3.56. The van der Waals surface area contributed by atoms with Crippen LogP contribution in [0.25, 0.3) is 11.1 Å². The van der Waals surface area contributed by atoms with Gasteiger partial charge in [-0.05, 0) is 48.4 Å². The van der Waals surface area contributed by atoms with Crippen molar-refractivity contribution in [3.05, 3.63) is 60.2 Å². The number of rotatable bonds is 6. The second kappa shape index (κ2) is 8.85. The molecule has 2 aromatic carbocycles. The smallest absolute Gasteiger partial charge is 0.251 e. The predicted molar refractivity (Wildman–Crippen MR) is 108 cm³/mol. The zero-order chi connectivity index (χ0) is 19.2. The van der Waals surface area contributed by atoms with E-state index in [0.29, 0.717) is 17.9 Å². The molecule has 1 aliphatic rings. The largest absolute Gasteiger partial charge is 0.341 e. The van der Waals surface area contributed by atoms with Crippen molar-refractivity contribution in [3.63, 3.8) is 0 Å². The lowest BCUT2D eigenvalue weighted by Gasteiger charge is -2.25. The number of nitrogens with zero attached hydrogens (tertiary/aromatic N) is 1. The monoisotopic (exact) mass is 364 g/mol. The summed E-state index contributed by atoms with van der Waals surface area (Å²) < 4.78 is 0. The Morgan fingerprint density at radius 1 is 0.963 bits per heavy atom. The van der Waals surface area contributed by atoms with Gasteiger partial charge in [-0.2, -0.15) is 0 Å². The van der Waals surface area contributed by atoms with Crippen LogP contribution in [0.15, 0.2) is 54.6 Å². The first-order valence-corrected chi connectivity index (χ1v) is 9.79. The minimum atomic E-state index is -0.462. The number of carbonyl (C=O) groups excluding carboxylic acids is 2. The molecule has 0 radical (unpaired) electrons. The summed E-state index contributed by atoms with van der Waals surface area (Å²) in [6, 6.07) is 17.1. The van der Waals surface area contributed by atoms with Crippen LogP contribution in [0.3, 0.4) is 0 Å².